The van der Waals surface area contributed by atoms with Gasteiger partial charge in [-0.3, -0.25) is 9.59 Å². The van der Waals surface area contributed by atoms with E-state index in [4.69, 9.17) is 0 Å². The monoisotopic (exact) mass is 288 g/mol. The van der Waals surface area contributed by atoms with Gasteiger partial charge in [0.25, 0.3) is 0 Å². The lowest BCUT2D eigenvalue weighted by molar-refractivity contribution is -0.127. The highest BCUT2D eigenvalue weighted by Gasteiger charge is 2.25. The van der Waals surface area contributed by atoms with Crippen LogP contribution in [-0.2, 0) is 16.0 Å². The number of carbonyl (C=O) groups excluding carboxylic acids is 2. The number of hydrogen-bond acceptors (Lipinski definition) is 2. The number of aryl methyl sites for hydroxylation is 1. The van der Waals surface area contributed by atoms with Gasteiger partial charge in [-0.05, 0) is 30.9 Å². The van der Waals surface area contributed by atoms with Gasteiger partial charge < -0.3 is 10.2 Å². The highest BCUT2D eigenvalue weighted by atomic mass is 16.2. The second-order valence-corrected chi connectivity index (χ2v) is 5.57. The largest absolute Gasteiger partial charge is 0.354 e. The molecule has 1 aromatic carbocycles. The van der Waals surface area contributed by atoms with Crippen molar-refractivity contribution in [3.63, 3.8) is 0 Å². The van der Waals surface area contributed by atoms with Crippen LogP contribution in [0.3, 0.4) is 0 Å². The van der Waals surface area contributed by atoms with Gasteiger partial charge >= 0.3 is 0 Å². The number of carbonyl (C=O) groups is 2. The van der Waals surface area contributed by atoms with E-state index in [1.54, 1.807) is 11.8 Å². The van der Waals surface area contributed by atoms with Gasteiger partial charge in [0.15, 0.2) is 0 Å². The van der Waals surface area contributed by atoms with E-state index in [1.165, 1.54) is 0 Å². The third kappa shape index (κ3) is 3.84. The van der Waals surface area contributed by atoms with E-state index in [1.807, 2.05) is 24.3 Å². The molecule has 0 radical (unpaired) electrons. The zero-order valence-corrected chi connectivity index (χ0v) is 12.9. The lowest BCUT2D eigenvalue weighted by atomic mass is 9.85. The second kappa shape index (κ2) is 7.25. The van der Waals surface area contributed by atoms with Gasteiger partial charge in [-0.2, -0.15) is 0 Å². The van der Waals surface area contributed by atoms with E-state index < -0.39 is 0 Å². The molecule has 1 aliphatic carbocycles. The molecule has 1 fully saturated rings. The summed E-state index contributed by atoms with van der Waals surface area (Å²) in [4.78, 5) is 25.5. The lowest BCUT2D eigenvalue weighted by Crippen LogP contribution is -2.41. The Morgan fingerprint density at radius 1 is 1.29 bits per heavy atom. The van der Waals surface area contributed by atoms with Crippen molar-refractivity contribution in [1.82, 2.24) is 5.32 Å². The fourth-order valence-corrected chi connectivity index (χ4v) is 2.63. The topological polar surface area (TPSA) is 49.4 Å². The molecule has 0 unspecified atom stereocenters. The van der Waals surface area contributed by atoms with Gasteiger partial charge in [0.05, 0.1) is 0 Å². The Bertz CT molecular complexity index is 509. The van der Waals surface area contributed by atoms with Gasteiger partial charge in [-0.15, -0.1) is 0 Å². The fourth-order valence-electron chi connectivity index (χ4n) is 2.63. The SMILES string of the molecule is CCc1ccccc1N(CCNC(=O)C1CCC1)C(C)=O. The summed E-state index contributed by atoms with van der Waals surface area (Å²) in [5, 5.41) is 2.94. The molecular formula is C17H24N2O2. The van der Waals surface area contributed by atoms with Crippen LogP contribution < -0.4 is 10.2 Å². The molecule has 0 saturated heterocycles. The van der Waals surface area contributed by atoms with Crippen LogP contribution in [-0.4, -0.2) is 24.9 Å². The first-order chi connectivity index (χ1) is 10.1. The molecule has 0 aromatic heterocycles. The van der Waals surface area contributed by atoms with Crippen molar-refractivity contribution in [1.29, 1.82) is 0 Å². The van der Waals surface area contributed by atoms with Crippen LogP contribution in [0, 0.1) is 5.92 Å². The second-order valence-electron chi connectivity index (χ2n) is 5.57. The fraction of sp³-hybridized carbons (Fsp3) is 0.529. The first-order valence-electron chi connectivity index (χ1n) is 7.77. The Kier molecular flexibility index (Phi) is 5.37. The summed E-state index contributed by atoms with van der Waals surface area (Å²) < 4.78 is 0. The minimum Gasteiger partial charge on any atom is -0.354 e. The third-order valence-electron chi connectivity index (χ3n) is 4.15. The number of anilines is 1. The Morgan fingerprint density at radius 3 is 2.57 bits per heavy atom. The molecule has 4 nitrogen and oxygen atoms in total. The molecule has 0 bridgehead atoms. The Labute approximate surface area is 126 Å². The molecule has 114 valence electrons. The van der Waals surface area contributed by atoms with Crippen molar-refractivity contribution < 1.29 is 9.59 Å². The maximum Gasteiger partial charge on any atom is 0.223 e. The molecule has 4 heteroatoms. The van der Waals surface area contributed by atoms with Gasteiger partial charge in [-0.25, -0.2) is 0 Å². The maximum absolute atomic E-state index is 11.9. The van der Waals surface area contributed by atoms with Crippen LogP contribution in [0.2, 0.25) is 0 Å². The number of nitrogens with zero attached hydrogens (tertiary/aromatic N) is 1. The van der Waals surface area contributed by atoms with Crippen LogP contribution >= 0.6 is 0 Å². The summed E-state index contributed by atoms with van der Waals surface area (Å²) in [6.45, 7) is 4.67. The Hall–Kier alpha value is -1.84. The minimum atomic E-state index is 0.00814. The van der Waals surface area contributed by atoms with E-state index in [-0.39, 0.29) is 17.7 Å². The molecule has 2 rings (SSSR count). The molecular weight excluding hydrogens is 264 g/mol. The minimum absolute atomic E-state index is 0.00814. The van der Waals surface area contributed by atoms with Crippen molar-refractivity contribution >= 4 is 17.5 Å². The van der Waals surface area contributed by atoms with Crippen LogP contribution in [0.5, 0.6) is 0 Å². The predicted octanol–water partition coefficient (Wildman–Crippen LogP) is 2.52. The first kappa shape index (κ1) is 15.5. The quantitative estimate of drug-likeness (QED) is 0.874. The first-order valence-corrected chi connectivity index (χ1v) is 7.77. The molecule has 1 N–H and O–H groups in total. The molecule has 1 saturated carbocycles. The number of hydrogen-bond donors (Lipinski definition) is 1. The molecule has 1 aliphatic rings. The molecule has 2 amide bonds. The van der Waals surface area contributed by atoms with E-state index in [9.17, 15) is 9.59 Å². The van der Waals surface area contributed by atoms with Gasteiger partial charge in [0.2, 0.25) is 11.8 Å². The highest BCUT2D eigenvalue weighted by molar-refractivity contribution is 5.92. The average Bonchev–Trinajstić information content (AvgIpc) is 2.41. The number of amides is 2. The number of benzene rings is 1. The van der Waals surface area contributed by atoms with Crippen LogP contribution in [0.25, 0.3) is 0 Å². The van der Waals surface area contributed by atoms with Gasteiger partial charge in [-0.1, -0.05) is 31.5 Å². The highest BCUT2D eigenvalue weighted by Crippen LogP contribution is 2.26. The zero-order valence-electron chi connectivity index (χ0n) is 12.9. The smallest absolute Gasteiger partial charge is 0.223 e. The molecule has 0 spiro atoms. The maximum atomic E-state index is 11.9. The van der Waals surface area contributed by atoms with Crippen molar-refractivity contribution in [3.05, 3.63) is 29.8 Å². The van der Waals surface area contributed by atoms with E-state index in [2.05, 4.69) is 12.2 Å². The van der Waals surface area contributed by atoms with E-state index in [0.29, 0.717) is 13.1 Å². The molecule has 0 heterocycles. The Morgan fingerprint density at radius 2 is 2.00 bits per heavy atom. The number of rotatable bonds is 6. The van der Waals surface area contributed by atoms with Crippen LogP contribution in [0.15, 0.2) is 24.3 Å². The van der Waals surface area contributed by atoms with Crippen molar-refractivity contribution in [2.45, 2.75) is 39.5 Å². The summed E-state index contributed by atoms with van der Waals surface area (Å²) in [6, 6.07) is 7.93. The van der Waals surface area contributed by atoms with Crippen LogP contribution in [0.1, 0.15) is 38.7 Å². The molecule has 1 aromatic rings. The summed E-state index contributed by atoms with van der Waals surface area (Å²) in [6.07, 6.45) is 4.04. The van der Waals surface area contributed by atoms with E-state index in [0.717, 1.165) is 36.9 Å². The molecule has 21 heavy (non-hydrogen) atoms. The predicted molar refractivity (Wildman–Crippen MR) is 84.2 cm³/mol. The summed E-state index contributed by atoms with van der Waals surface area (Å²) >= 11 is 0. The third-order valence-corrected chi connectivity index (χ3v) is 4.15. The summed E-state index contributed by atoms with van der Waals surface area (Å²) in [5.41, 5.74) is 2.10. The normalized spacial score (nSPS) is 14.4. The summed E-state index contributed by atoms with van der Waals surface area (Å²) in [5.74, 6) is 0.334. The van der Waals surface area contributed by atoms with Gasteiger partial charge in [0.1, 0.15) is 0 Å². The Balaban J connectivity index is 1.95. The molecule has 0 aliphatic heterocycles. The van der Waals surface area contributed by atoms with Crippen LogP contribution in [0.4, 0.5) is 5.69 Å². The van der Waals surface area contributed by atoms with Crippen molar-refractivity contribution in [3.8, 4) is 0 Å². The lowest BCUT2D eigenvalue weighted by Gasteiger charge is -2.26. The standard InChI is InChI=1S/C17H24N2O2/c1-3-14-7-4-5-10-16(14)19(13(2)20)12-11-18-17(21)15-8-6-9-15/h4-5,7,10,15H,3,6,8-9,11-12H2,1-2H3,(H,18,21). The van der Waals surface area contributed by atoms with Crippen molar-refractivity contribution in [2.24, 2.45) is 5.92 Å². The zero-order chi connectivity index (χ0) is 15.2. The molecule has 0 atom stereocenters. The van der Waals surface area contributed by atoms with E-state index >= 15 is 0 Å². The van der Waals surface area contributed by atoms with Gasteiger partial charge in [0, 0.05) is 31.6 Å². The summed E-state index contributed by atoms with van der Waals surface area (Å²) in [7, 11) is 0. The average molecular weight is 288 g/mol. The van der Waals surface area contributed by atoms with Crippen molar-refractivity contribution in [2.75, 3.05) is 18.0 Å². The number of para-hydroxylation sites is 1. The number of nitrogens with one attached hydrogen (secondary N) is 1.